The van der Waals surface area contributed by atoms with Gasteiger partial charge in [-0.15, -0.1) is 0 Å². The van der Waals surface area contributed by atoms with E-state index < -0.39 is 0 Å². The number of carbonyl (C=O) groups excluding carboxylic acids is 1. The van der Waals surface area contributed by atoms with Crippen LogP contribution in [0.4, 0.5) is 0 Å². The zero-order valence-corrected chi connectivity index (χ0v) is 20.7. The Bertz CT molecular complexity index is 1240. The van der Waals surface area contributed by atoms with Crippen LogP contribution in [0.3, 0.4) is 0 Å². The number of carbonyl (C=O) groups is 1. The van der Waals surface area contributed by atoms with Gasteiger partial charge in [0.1, 0.15) is 12.1 Å². The highest BCUT2D eigenvalue weighted by Crippen LogP contribution is 2.33. The minimum Gasteiger partial charge on any atom is -0.364 e. The van der Waals surface area contributed by atoms with Crippen LogP contribution in [0.25, 0.3) is 11.3 Å². The first-order valence-electron chi connectivity index (χ1n) is 11.8. The van der Waals surface area contributed by atoms with Crippen LogP contribution in [0.15, 0.2) is 77.6 Å². The van der Waals surface area contributed by atoms with Crippen molar-refractivity contribution in [3.63, 3.8) is 0 Å². The molecule has 2 aromatic heterocycles. The molecule has 0 spiro atoms. The van der Waals surface area contributed by atoms with E-state index in [1.165, 1.54) is 6.26 Å². The molecule has 0 unspecified atom stereocenters. The molecule has 1 amide bonds. The van der Waals surface area contributed by atoms with Crippen LogP contribution >= 0.6 is 11.6 Å². The summed E-state index contributed by atoms with van der Waals surface area (Å²) in [5.41, 5.74) is 8.96. The maximum atomic E-state index is 13.5. The second-order valence-electron chi connectivity index (χ2n) is 8.82. The molecule has 0 aliphatic carbocycles. The molecule has 0 radical (unpaired) electrons. The average molecular weight is 492 g/mol. The maximum Gasteiger partial charge on any atom is 0.276 e. The van der Waals surface area contributed by atoms with Crippen LogP contribution in [0.5, 0.6) is 0 Å². The van der Waals surface area contributed by atoms with Crippen molar-refractivity contribution in [2.24, 2.45) is 11.7 Å². The number of hydrogen-bond donors (Lipinski definition) is 1. The Hall–Kier alpha value is -3.42. The summed E-state index contributed by atoms with van der Waals surface area (Å²) in [6, 6.07) is 19.1. The predicted molar refractivity (Wildman–Crippen MR) is 137 cm³/mol. The SMILES string of the molecule is CC(C)[C@H](c1nc(-c2cccc(Cl)c2)cn1Cc1ccccc1)N(CCCN)C(=O)c1ccon1. The van der Waals surface area contributed by atoms with Crippen LogP contribution in [0.1, 0.15) is 48.2 Å². The van der Waals surface area contributed by atoms with Gasteiger partial charge >= 0.3 is 0 Å². The van der Waals surface area contributed by atoms with E-state index in [0.717, 1.165) is 22.6 Å². The lowest BCUT2D eigenvalue weighted by Crippen LogP contribution is -2.40. The zero-order valence-electron chi connectivity index (χ0n) is 20.0. The smallest absolute Gasteiger partial charge is 0.276 e. The molecule has 0 saturated carbocycles. The number of hydrogen-bond acceptors (Lipinski definition) is 5. The molecule has 182 valence electrons. The van der Waals surface area contributed by atoms with Gasteiger partial charge in [-0.3, -0.25) is 4.79 Å². The van der Waals surface area contributed by atoms with Gasteiger partial charge in [0, 0.05) is 35.9 Å². The molecule has 0 aliphatic heterocycles. The molecule has 7 nitrogen and oxygen atoms in total. The van der Waals surface area contributed by atoms with E-state index in [1.54, 1.807) is 6.07 Å². The fourth-order valence-corrected chi connectivity index (χ4v) is 4.45. The second-order valence-corrected chi connectivity index (χ2v) is 9.26. The van der Waals surface area contributed by atoms with E-state index in [1.807, 2.05) is 53.6 Å². The standard InChI is InChI=1S/C27H30ClN5O2/c1-19(2)25(33(14-7-13-29)27(34)23-12-15-35-31-23)26-30-24(21-10-6-11-22(28)16-21)18-32(26)17-20-8-4-3-5-9-20/h3-6,8-12,15-16,18-19,25H,7,13-14,17,29H2,1-2H3/t25-/m1/s1. The number of aromatic nitrogens is 3. The normalized spacial score (nSPS) is 12.1. The van der Waals surface area contributed by atoms with Crippen molar-refractivity contribution in [3.05, 3.63) is 95.2 Å². The topological polar surface area (TPSA) is 90.2 Å². The number of rotatable bonds is 10. The second kappa shape index (κ2) is 11.3. The van der Waals surface area contributed by atoms with Crippen molar-refractivity contribution in [3.8, 4) is 11.3 Å². The summed E-state index contributed by atoms with van der Waals surface area (Å²) in [4.78, 5) is 20.4. The molecular formula is C27H30ClN5O2. The molecule has 2 N–H and O–H groups in total. The number of halogens is 1. The number of nitrogens with zero attached hydrogens (tertiary/aromatic N) is 4. The largest absolute Gasteiger partial charge is 0.364 e. The highest BCUT2D eigenvalue weighted by atomic mass is 35.5. The van der Waals surface area contributed by atoms with Crippen molar-refractivity contribution in [2.75, 3.05) is 13.1 Å². The highest BCUT2D eigenvalue weighted by molar-refractivity contribution is 6.30. The lowest BCUT2D eigenvalue weighted by Gasteiger charge is -2.34. The van der Waals surface area contributed by atoms with Gasteiger partial charge in [0.05, 0.1) is 11.7 Å². The summed E-state index contributed by atoms with van der Waals surface area (Å²) >= 11 is 6.28. The van der Waals surface area contributed by atoms with Crippen LogP contribution in [0, 0.1) is 5.92 Å². The predicted octanol–water partition coefficient (Wildman–Crippen LogP) is 5.43. The van der Waals surface area contributed by atoms with Gasteiger partial charge in [0.25, 0.3) is 5.91 Å². The molecule has 0 bridgehead atoms. The zero-order chi connectivity index (χ0) is 24.8. The molecule has 4 aromatic rings. The molecule has 4 rings (SSSR count). The summed E-state index contributed by atoms with van der Waals surface area (Å²) in [6.07, 6.45) is 4.10. The van der Waals surface area contributed by atoms with Crippen LogP contribution in [-0.4, -0.2) is 38.6 Å². The summed E-state index contributed by atoms with van der Waals surface area (Å²) in [5.74, 6) is 0.671. The number of amides is 1. The third-order valence-corrected chi connectivity index (χ3v) is 6.11. The third kappa shape index (κ3) is 5.81. The van der Waals surface area contributed by atoms with E-state index in [0.29, 0.717) is 31.1 Å². The number of benzene rings is 2. The van der Waals surface area contributed by atoms with Crippen molar-refractivity contribution in [1.29, 1.82) is 0 Å². The fourth-order valence-electron chi connectivity index (χ4n) is 4.26. The van der Waals surface area contributed by atoms with Crippen LogP contribution in [0.2, 0.25) is 5.02 Å². The summed E-state index contributed by atoms with van der Waals surface area (Å²) in [5, 5.41) is 4.54. The van der Waals surface area contributed by atoms with Crippen LogP contribution in [-0.2, 0) is 6.54 Å². The first-order valence-corrected chi connectivity index (χ1v) is 12.1. The molecule has 0 aliphatic rings. The molecule has 2 aromatic carbocycles. The van der Waals surface area contributed by atoms with Crippen molar-refractivity contribution < 1.29 is 9.32 Å². The molecule has 35 heavy (non-hydrogen) atoms. The third-order valence-electron chi connectivity index (χ3n) is 5.88. The van der Waals surface area contributed by atoms with Gasteiger partial charge in [-0.25, -0.2) is 4.98 Å². The Morgan fingerprint density at radius 3 is 2.60 bits per heavy atom. The average Bonchev–Trinajstić information content (AvgIpc) is 3.53. The Kier molecular flexibility index (Phi) is 8.00. The Morgan fingerprint density at radius 1 is 1.14 bits per heavy atom. The monoisotopic (exact) mass is 491 g/mol. The van der Waals surface area contributed by atoms with Gasteiger partial charge in [-0.05, 0) is 36.6 Å². The quantitative estimate of drug-likeness (QED) is 0.319. The number of imidazole rings is 1. The van der Waals surface area contributed by atoms with E-state index in [9.17, 15) is 4.79 Å². The highest BCUT2D eigenvalue weighted by Gasteiger charge is 2.33. The molecular weight excluding hydrogens is 462 g/mol. The van der Waals surface area contributed by atoms with Crippen molar-refractivity contribution in [2.45, 2.75) is 32.9 Å². The van der Waals surface area contributed by atoms with Gasteiger partial charge in [0.2, 0.25) is 0 Å². The molecule has 0 fully saturated rings. The first-order chi connectivity index (χ1) is 17.0. The van der Waals surface area contributed by atoms with Gasteiger partial charge in [-0.1, -0.05) is 73.1 Å². The summed E-state index contributed by atoms with van der Waals surface area (Å²) in [7, 11) is 0. The number of nitrogens with two attached hydrogens (primary N) is 1. The van der Waals surface area contributed by atoms with Gasteiger partial charge in [-0.2, -0.15) is 0 Å². The summed E-state index contributed by atoms with van der Waals surface area (Å²) < 4.78 is 7.08. The van der Waals surface area contributed by atoms with Gasteiger partial charge in [0.15, 0.2) is 5.69 Å². The van der Waals surface area contributed by atoms with E-state index in [2.05, 4.69) is 35.7 Å². The fraction of sp³-hybridized carbons (Fsp3) is 0.296. The van der Waals surface area contributed by atoms with Crippen molar-refractivity contribution in [1.82, 2.24) is 19.6 Å². The molecule has 0 saturated heterocycles. The van der Waals surface area contributed by atoms with E-state index >= 15 is 0 Å². The Balaban J connectivity index is 1.82. The lowest BCUT2D eigenvalue weighted by molar-refractivity contribution is 0.0594. The van der Waals surface area contributed by atoms with Crippen molar-refractivity contribution >= 4 is 17.5 Å². The minimum absolute atomic E-state index is 0.0766. The van der Waals surface area contributed by atoms with Crippen LogP contribution < -0.4 is 5.73 Å². The first kappa shape index (κ1) is 24.7. The van der Waals surface area contributed by atoms with E-state index in [4.69, 9.17) is 26.8 Å². The Morgan fingerprint density at radius 2 is 1.94 bits per heavy atom. The Labute approximate surface area is 210 Å². The van der Waals surface area contributed by atoms with Gasteiger partial charge < -0.3 is 19.7 Å². The minimum atomic E-state index is -0.303. The summed E-state index contributed by atoms with van der Waals surface area (Å²) in [6.45, 7) is 5.76. The molecule has 2 heterocycles. The van der Waals surface area contributed by atoms with E-state index in [-0.39, 0.29) is 23.6 Å². The maximum absolute atomic E-state index is 13.5. The lowest BCUT2D eigenvalue weighted by atomic mass is 10.00. The molecule has 8 heteroatoms. The molecule has 1 atom stereocenters.